The van der Waals surface area contributed by atoms with Gasteiger partial charge in [0.05, 0.1) is 11.1 Å². The third-order valence-corrected chi connectivity index (χ3v) is 6.15. The smallest absolute Gasteiger partial charge is 0.231 e. The summed E-state index contributed by atoms with van der Waals surface area (Å²) in [5, 5.41) is 0. The number of Topliss-reactive ketones (excluding diaryl/α,β-unsaturated/α-hetero) is 1. The lowest BCUT2D eigenvalue weighted by atomic mass is 10.0. The lowest BCUT2D eigenvalue weighted by Crippen LogP contribution is -2.33. The number of rotatable bonds is 6. The molecule has 0 aliphatic carbocycles. The van der Waals surface area contributed by atoms with Gasteiger partial charge in [0.2, 0.25) is 5.78 Å². The Hall–Kier alpha value is -3.37. The zero-order valence-corrected chi connectivity index (χ0v) is 18.3. The van der Waals surface area contributed by atoms with E-state index in [1.807, 2.05) is 36.4 Å². The van der Waals surface area contributed by atoms with Crippen molar-refractivity contribution in [2.75, 3.05) is 13.3 Å². The monoisotopic (exact) mass is 425 g/mol. The summed E-state index contributed by atoms with van der Waals surface area (Å²) in [6, 6.07) is 22.5. The predicted octanol–water partition coefficient (Wildman–Crippen LogP) is 5.65. The third-order valence-electron chi connectivity index (χ3n) is 6.15. The molecule has 0 radical (unpaired) electrons. The molecule has 0 spiro atoms. The van der Waals surface area contributed by atoms with Crippen molar-refractivity contribution in [2.24, 2.45) is 0 Å². The molecule has 0 unspecified atom stereocenters. The van der Waals surface area contributed by atoms with Crippen molar-refractivity contribution in [2.45, 2.75) is 32.7 Å². The highest BCUT2D eigenvalue weighted by Crippen LogP contribution is 2.42. The highest BCUT2D eigenvalue weighted by molar-refractivity contribution is 6.15. The molecule has 3 aromatic carbocycles. The molecule has 2 aliphatic rings. The number of ether oxygens (including phenoxy) is 2. The number of fused-ring (bicyclic) bond motifs is 3. The summed E-state index contributed by atoms with van der Waals surface area (Å²) < 4.78 is 12.1. The van der Waals surface area contributed by atoms with E-state index < -0.39 is 0 Å². The van der Waals surface area contributed by atoms with E-state index in [1.165, 1.54) is 11.1 Å². The van der Waals surface area contributed by atoms with Gasteiger partial charge in [-0.2, -0.15) is 0 Å². The van der Waals surface area contributed by atoms with E-state index in [2.05, 4.69) is 48.2 Å². The Kier molecular flexibility index (Phi) is 5.78. The largest absolute Gasteiger partial charge is 0.478 e. The molecule has 4 heteroatoms. The number of carbonyl (C=O) groups is 1. The minimum atomic E-state index is -0.0661. The maximum Gasteiger partial charge on any atom is 0.231 e. The fourth-order valence-electron chi connectivity index (χ4n) is 4.30. The second kappa shape index (κ2) is 9.01. The van der Waals surface area contributed by atoms with Crippen LogP contribution in [0.2, 0.25) is 0 Å². The molecule has 2 heterocycles. The van der Waals surface area contributed by atoms with E-state index in [4.69, 9.17) is 9.47 Å². The highest BCUT2D eigenvalue weighted by Gasteiger charge is 2.33. The first-order valence-electron chi connectivity index (χ1n) is 11.3. The van der Waals surface area contributed by atoms with Crippen LogP contribution in [0.4, 0.5) is 0 Å². The number of ketones is 1. The van der Waals surface area contributed by atoms with Crippen molar-refractivity contribution in [1.82, 2.24) is 4.90 Å². The van der Waals surface area contributed by atoms with Crippen molar-refractivity contribution in [3.63, 3.8) is 0 Å². The fraction of sp³-hybridized carbons (Fsp3) is 0.250. The molecule has 5 rings (SSSR count). The molecule has 0 fully saturated rings. The zero-order valence-electron chi connectivity index (χ0n) is 18.3. The number of aryl methyl sites for hydroxylation is 2. The first-order chi connectivity index (χ1) is 15.7. The third kappa shape index (κ3) is 4.19. The molecule has 0 aromatic heterocycles. The van der Waals surface area contributed by atoms with Gasteiger partial charge in [-0.05, 0) is 54.2 Å². The average Bonchev–Trinajstić information content (AvgIpc) is 3.16. The van der Waals surface area contributed by atoms with Crippen LogP contribution in [0.3, 0.4) is 0 Å². The second-order valence-electron chi connectivity index (χ2n) is 8.37. The topological polar surface area (TPSA) is 38.8 Å². The van der Waals surface area contributed by atoms with Crippen LogP contribution in [0.15, 0.2) is 72.5 Å². The molecule has 0 saturated heterocycles. The standard InChI is InChI=1S/C28H27NO3/c1-2-20-10-12-22(13-11-20)17-26-27(30)23-14-15-25-24(28(23)32-26)18-29(19-31-25)16-6-9-21-7-4-3-5-8-21/h3-5,7-8,10-15,17H,2,6,9,16,18-19H2,1H3/b26-17-. The Balaban J connectivity index is 1.30. The number of hydrogen-bond donors (Lipinski definition) is 0. The number of carbonyl (C=O) groups excluding carboxylic acids is 1. The summed E-state index contributed by atoms with van der Waals surface area (Å²) in [6.07, 6.45) is 4.91. The van der Waals surface area contributed by atoms with Gasteiger partial charge in [0.25, 0.3) is 0 Å². The summed E-state index contributed by atoms with van der Waals surface area (Å²) in [4.78, 5) is 15.2. The Morgan fingerprint density at radius 1 is 0.969 bits per heavy atom. The Morgan fingerprint density at radius 3 is 2.56 bits per heavy atom. The number of allylic oxidation sites excluding steroid dienone is 1. The highest BCUT2D eigenvalue weighted by atomic mass is 16.5. The maximum atomic E-state index is 13.0. The van der Waals surface area contributed by atoms with Crippen molar-refractivity contribution >= 4 is 11.9 Å². The summed E-state index contributed by atoms with van der Waals surface area (Å²) in [6.45, 7) is 4.34. The minimum absolute atomic E-state index is 0.0661. The van der Waals surface area contributed by atoms with Gasteiger partial charge in [0.15, 0.2) is 5.76 Å². The van der Waals surface area contributed by atoms with E-state index in [0.29, 0.717) is 23.8 Å². The second-order valence-corrected chi connectivity index (χ2v) is 8.37. The van der Waals surface area contributed by atoms with E-state index in [-0.39, 0.29) is 5.78 Å². The van der Waals surface area contributed by atoms with Crippen molar-refractivity contribution < 1.29 is 14.3 Å². The van der Waals surface area contributed by atoms with E-state index in [9.17, 15) is 4.79 Å². The predicted molar refractivity (Wildman–Crippen MR) is 126 cm³/mol. The Morgan fingerprint density at radius 2 is 1.78 bits per heavy atom. The molecular weight excluding hydrogens is 398 g/mol. The van der Waals surface area contributed by atoms with Gasteiger partial charge in [-0.25, -0.2) is 0 Å². The molecule has 4 nitrogen and oxygen atoms in total. The molecule has 0 saturated carbocycles. The summed E-state index contributed by atoms with van der Waals surface area (Å²) >= 11 is 0. The van der Waals surface area contributed by atoms with Crippen LogP contribution in [0, 0.1) is 0 Å². The maximum absolute atomic E-state index is 13.0. The summed E-state index contributed by atoms with van der Waals surface area (Å²) in [7, 11) is 0. The van der Waals surface area contributed by atoms with Crippen molar-refractivity contribution in [1.29, 1.82) is 0 Å². The Labute approximate surface area is 189 Å². The van der Waals surface area contributed by atoms with E-state index in [1.54, 1.807) is 0 Å². The van der Waals surface area contributed by atoms with Gasteiger partial charge < -0.3 is 9.47 Å². The molecule has 32 heavy (non-hydrogen) atoms. The minimum Gasteiger partial charge on any atom is -0.478 e. The number of benzene rings is 3. The van der Waals surface area contributed by atoms with Crippen LogP contribution >= 0.6 is 0 Å². The molecular formula is C28H27NO3. The van der Waals surface area contributed by atoms with Gasteiger partial charge in [-0.1, -0.05) is 61.5 Å². The molecule has 0 atom stereocenters. The number of hydrogen-bond acceptors (Lipinski definition) is 4. The lowest BCUT2D eigenvalue weighted by molar-refractivity contribution is 0.0928. The molecule has 2 aliphatic heterocycles. The fourth-order valence-corrected chi connectivity index (χ4v) is 4.30. The van der Waals surface area contributed by atoms with Crippen molar-refractivity contribution in [3.05, 3.63) is 100 Å². The van der Waals surface area contributed by atoms with Crippen LogP contribution in [0.1, 0.15) is 46.0 Å². The zero-order chi connectivity index (χ0) is 21.9. The first kappa shape index (κ1) is 20.5. The van der Waals surface area contributed by atoms with Gasteiger partial charge in [-0.3, -0.25) is 9.69 Å². The van der Waals surface area contributed by atoms with Gasteiger partial charge in [0, 0.05) is 13.1 Å². The molecule has 162 valence electrons. The normalized spacial score (nSPS) is 16.4. The molecule has 0 amide bonds. The lowest BCUT2D eigenvalue weighted by Gasteiger charge is -2.29. The molecule has 3 aromatic rings. The van der Waals surface area contributed by atoms with Crippen molar-refractivity contribution in [3.8, 4) is 11.5 Å². The quantitative estimate of drug-likeness (QED) is 0.479. The van der Waals surface area contributed by atoms with Crippen LogP contribution in [-0.2, 0) is 19.4 Å². The van der Waals surface area contributed by atoms with Gasteiger partial charge in [0.1, 0.15) is 18.2 Å². The number of nitrogens with zero attached hydrogens (tertiary/aromatic N) is 1. The summed E-state index contributed by atoms with van der Waals surface area (Å²) in [5.41, 5.74) is 5.17. The Bertz CT molecular complexity index is 1150. The van der Waals surface area contributed by atoms with Crippen LogP contribution in [0.25, 0.3) is 6.08 Å². The van der Waals surface area contributed by atoms with Crippen LogP contribution in [-0.4, -0.2) is 24.0 Å². The first-order valence-corrected chi connectivity index (χ1v) is 11.3. The molecule has 0 N–H and O–H groups in total. The summed E-state index contributed by atoms with van der Waals surface area (Å²) in [5.74, 6) is 1.77. The van der Waals surface area contributed by atoms with Crippen LogP contribution < -0.4 is 9.47 Å². The van der Waals surface area contributed by atoms with E-state index >= 15 is 0 Å². The van der Waals surface area contributed by atoms with Crippen LogP contribution in [0.5, 0.6) is 11.5 Å². The molecule has 0 bridgehead atoms. The SMILES string of the molecule is CCc1ccc(/C=C2\Oc3c(ccc4c3CN(CCCc3ccccc3)CO4)C2=O)cc1. The van der Waals surface area contributed by atoms with E-state index in [0.717, 1.165) is 49.2 Å². The van der Waals surface area contributed by atoms with Gasteiger partial charge >= 0.3 is 0 Å². The van der Waals surface area contributed by atoms with Gasteiger partial charge in [-0.15, -0.1) is 0 Å². The average molecular weight is 426 g/mol.